The summed E-state index contributed by atoms with van der Waals surface area (Å²) >= 11 is 0. The lowest BCUT2D eigenvalue weighted by molar-refractivity contribution is 0.131. The molecular weight excluding hydrogens is 276 g/mol. The number of rotatable bonds is 6. The standard InChI is InChI=1S/C13H24N4O2S/c1-12-4-8-16(7-3-5-15-20(2,18)19)10-13(12)17-9-6-14-11-17/h6,9,11-13,15H,3-5,7-8,10H2,1-2H3/t12-,13+/m0/s1. The van der Waals surface area contributed by atoms with Crippen molar-refractivity contribution in [3.63, 3.8) is 0 Å². The molecule has 1 saturated heterocycles. The molecule has 0 bridgehead atoms. The molecule has 0 saturated carbocycles. The van der Waals surface area contributed by atoms with Crippen molar-refractivity contribution in [3.8, 4) is 0 Å². The lowest BCUT2D eigenvalue weighted by Crippen LogP contribution is -2.41. The highest BCUT2D eigenvalue weighted by atomic mass is 32.2. The highest BCUT2D eigenvalue weighted by molar-refractivity contribution is 7.88. The van der Waals surface area contributed by atoms with Crippen LogP contribution in [-0.2, 0) is 10.0 Å². The first-order chi connectivity index (χ1) is 9.46. The Hall–Kier alpha value is -0.920. The number of piperidine rings is 1. The van der Waals surface area contributed by atoms with Crippen molar-refractivity contribution in [3.05, 3.63) is 18.7 Å². The minimum absolute atomic E-state index is 0.467. The monoisotopic (exact) mass is 300 g/mol. The van der Waals surface area contributed by atoms with Gasteiger partial charge in [0.2, 0.25) is 10.0 Å². The average Bonchev–Trinajstić information content (AvgIpc) is 2.89. The van der Waals surface area contributed by atoms with Crippen LogP contribution in [0.15, 0.2) is 18.7 Å². The van der Waals surface area contributed by atoms with Gasteiger partial charge in [0.05, 0.1) is 12.6 Å². The van der Waals surface area contributed by atoms with Crippen molar-refractivity contribution in [1.29, 1.82) is 0 Å². The molecule has 6 nitrogen and oxygen atoms in total. The van der Waals surface area contributed by atoms with Gasteiger partial charge in [0.25, 0.3) is 0 Å². The van der Waals surface area contributed by atoms with Crippen LogP contribution in [0.3, 0.4) is 0 Å². The number of nitrogens with zero attached hydrogens (tertiary/aromatic N) is 3. The van der Waals surface area contributed by atoms with Gasteiger partial charge in [-0.25, -0.2) is 18.1 Å². The fourth-order valence-corrected chi connectivity index (χ4v) is 3.25. The van der Waals surface area contributed by atoms with Crippen molar-refractivity contribution in [2.75, 3.05) is 32.4 Å². The molecule has 2 atom stereocenters. The normalized spacial score (nSPS) is 24.9. The zero-order valence-electron chi connectivity index (χ0n) is 12.2. The van der Waals surface area contributed by atoms with Crippen LogP contribution in [0.4, 0.5) is 0 Å². The molecule has 1 aromatic heterocycles. The van der Waals surface area contributed by atoms with E-state index in [9.17, 15) is 8.42 Å². The Morgan fingerprint density at radius 2 is 2.25 bits per heavy atom. The van der Waals surface area contributed by atoms with Crippen LogP contribution in [0.25, 0.3) is 0 Å². The predicted molar refractivity (Wildman–Crippen MR) is 78.9 cm³/mol. The zero-order chi connectivity index (χ0) is 14.6. The predicted octanol–water partition coefficient (Wildman–Crippen LogP) is 0.705. The molecule has 2 rings (SSSR count). The van der Waals surface area contributed by atoms with Crippen molar-refractivity contribution in [2.24, 2.45) is 5.92 Å². The summed E-state index contributed by atoms with van der Waals surface area (Å²) in [5.74, 6) is 0.648. The van der Waals surface area contributed by atoms with Crippen molar-refractivity contribution >= 4 is 10.0 Å². The summed E-state index contributed by atoms with van der Waals surface area (Å²) < 4.78 is 26.7. The molecule has 0 unspecified atom stereocenters. The summed E-state index contributed by atoms with van der Waals surface area (Å²) in [7, 11) is -3.06. The Morgan fingerprint density at radius 1 is 1.45 bits per heavy atom. The van der Waals surface area contributed by atoms with Crippen molar-refractivity contribution < 1.29 is 8.42 Å². The minimum atomic E-state index is -3.06. The van der Waals surface area contributed by atoms with Gasteiger partial charge in [-0.05, 0) is 31.8 Å². The Bertz CT molecular complexity index is 500. The van der Waals surface area contributed by atoms with Crippen LogP contribution in [0, 0.1) is 5.92 Å². The number of aromatic nitrogens is 2. The molecular formula is C13H24N4O2S. The van der Waals surface area contributed by atoms with E-state index in [0.29, 0.717) is 18.5 Å². The quantitative estimate of drug-likeness (QED) is 0.786. The molecule has 20 heavy (non-hydrogen) atoms. The van der Waals surface area contributed by atoms with Gasteiger partial charge in [0.15, 0.2) is 0 Å². The molecule has 114 valence electrons. The lowest BCUT2D eigenvalue weighted by Gasteiger charge is -2.37. The lowest BCUT2D eigenvalue weighted by atomic mass is 9.93. The smallest absolute Gasteiger partial charge is 0.208 e. The number of likely N-dealkylation sites (tertiary alicyclic amines) is 1. The third-order valence-electron chi connectivity index (χ3n) is 3.93. The van der Waals surface area contributed by atoms with Gasteiger partial charge in [-0.2, -0.15) is 0 Å². The molecule has 1 aliphatic rings. The summed E-state index contributed by atoms with van der Waals surface area (Å²) in [4.78, 5) is 6.54. The number of imidazole rings is 1. The van der Waals surface area contributed by atoms with E-state index in [1.165, 1.54) is 12.7 Å². The van der Waals surface area contributed by atoms with E-state index in [1.807, 2.05) is 18.7 Å². The molecule has 0 spiro atoms. The summed E-state index contributed by atoms with van der Waals surface area (Å²) in [6.07, 6.45) is 8.94. The van der Waals surface area contributed by atoms with E-state index >= 15 is 0 Å². The third kappa shape index (κ3) is 4.57. The Morgan fingerprint density at radius 3 is 2.90 bits per heavy atom. The number of hydrogen-bond donors (Lipinski definition) is 1. The van der Waals surface area contributed by atoms with Crippen LogP contribution < -0.4 is 4.72 Å². The van der Waals surface area contributed by atoms with E-state index in [0.717, 1.165) is 26.1 Å². The molecule has 0 aliphatic carbocycles. The highest BCUT2D eigenvalue weighted by Crippen LogP contribution is 2.27. The van der Waals surface area contributed by atoms with E-state index in [-0.39, 0.29) is 0 Å². The van der Waals surface area contributed by atoms with Crippen LogP contribution in [0.2, 0.25) is 0 Å². The van der Waals surface area contributed by atoms with Crippen LogP contribution in [0.1, 0.15) is 25.8 Å². The Labute approximate surface area is 121 Å². The molecule has 0 amide bonds. The van der Waals surface area contributed by atoms with E-state index in [2.05, 4.69) is 26.1 Å². The van der Waals surface area contributed by atoms with Gasteiger partial charge in [-0.3, -0.25) is 0 Å². The summed E-state index contributed by atoms with van der Waals surface area (Å²) in [6.45, 7) is 5.83. The molecule has 1 aromatic rings. The summed E-state index contributed by atoms with van der Waals surface area (Å²) in [5, 5.41) is 0. The topological polar surface area (TPSA) is 67.2 Å². The molecule has 1 N–H and O–H groups in total. The first kappa shape index (κ1) is 15.5. The first-order valence-electron chi connectivity index (χ1n) is 7.10. The number of nitrogens with one attached hydrogen (secondary N) is 1. The molecule has 1 fully saturated rings. The van der Waals surface area contributed by atoms with Crippen LogP contribution in [-0.4, -0.2) is 55.3 Å². The molecule has 2 heterocycles. The fourth-order valence-electron chi connectivity index (χ4n) is 2.73. The minimum Gasteiger partial charge on any atom is -0.333 e. The van der Waals surface area contributed by atoms with Gasteiger partial charge in [0.1, 0.15) is 0 Å². The zero-order valence-corrected chi connectivity index (χ0v) is 13.0. The van der Waals surface area contributed by atoms with Crippen molar-refractivity contribution in [2.45, 2.75) is 25.8 Å². The number of sulfonamides is 1. The molecule has 0 aromatic carbocycles. The molecule has 0 radical (unpaired) electrons. The Kier molecular flexibility index (Phi) is 5.17. The second-order valence-electron chi connectivity index (χ2n) is 5.66. The van der Waals surface area contributed by atoms with Gasteiger partial charge in [-0.1, -0.05) is 6.92 Å². The third-order valence-corrected chi connectivity index (χ3v) is 4.65. The van der Waals surface area contributed by atoms with Gasteiger partial charge < -0.3 is 9.47 Å². The first-order valence-corrected chi connectivity index (χ1v) is 8.99. The second-order valence-corrected chi connectivity index (χ2v) is 7.50. The van der Waals surface area contributed by atoms with E-state index in [1.54, 1.807) is 0 Å². The van der Waals surface area contributed by atoms with E-state index < -0.39 is 10.0 Å². The van der Waals surface area contributed by atoms with Crippen molar-refractivity contribution in [1.82, 2.24) is 19.2 Å². The Balaban J connectivity index is 1.79. The number of hydrogen-bond acceptors (Lipinski definition) is 4. The summed E-state index contributed by atoms with van der Waals surface area (Å²) in [6, 6.07) is 0.467. The average molecular weight is 300 g/mol. The van der Waals surface area contributed by atoms with Gasteiger partial charge in [-0.15, -0.1) is 0 Å². The second kappa shape index (κ2) is 6.69. The molecule has 7 heteroatoms. The SMILES string of the molecule is C[C@H]1CCN(CCCNS(C)(=O)=O)C[C@H]1n1ccnc1. The van der Waals surface area contributed by atoms with E-state index in [4.69, 9.17) is 0 Å². The highest BCUT2D eigenvalue weighted by Gasteiger charge is 2.26. The maximum Gasteiger partial charge on any atom is 0.208 e. The van der Waals surface area contributed by atoms with Crippen LogP contribution >= 0.6 is 0 Å². The maximum absolute atomic E-state index is 11.0. The summed E-state index contributed by atoms with van der Waals surface area (Å²) in [5.41, 5.74) is 0. The largest absolute Gasteiger partial charge is 0.333 e. The molecule has 1 aliphatic heterocycles. The van der Waals surface area contributed by atoms with Gasteiger partial charge >= 0.3 is 0 Å². The van der Waals surface area contributed by atoms with Gasteiger partial charge in [0, 0.05) is 31.5 Å². The van der Waals surface area contributed by atoms with Crippen LogP contribution in [0.5, 0.6) is 0 Å². The maximum atomic E-state index is 11.0. The fraction of sp³-hybridized carbons (Fsp3) is 0.769.